The summed E-state index contributed by atoms with van der Waals surface area (Å²) >= 11 is 0. The molecule has 0 radical (unpaired) electrons. The molecule has 24 heavy (non-hydrogen) atoms. The molecule has 1 aliphatic heterocycles. The monoisotopic (exact) mass is 338 g/mol. The third-order valence-corrected chi connectivity index (χ3v) is 4.73. The van der Waals surface area contributed by atoms with Crippen molar-refractivity contribution in [2.45, 2.75) is 38.4 Å². The van der Waals surface area contributed by atoms with Crippen LogP contribution in [0.5, 0.6) is 5.75 Å². The number of rotatable bonds is 6. The Hall–Kier alpha value is -1.66. The molecule has 1 heterocycles. The van der Waals surface area contributed by atoms with Gasteiger partial charge in [0.25, 0.3) is 0 Å². The van der Waals surface area contributed by atoms with Crippen LogP contribution in [0, 0.1) is 11.7 Å². The van der Waals surface area contributed by atoms with E-state index in [0.717, 1.165) is 0 Å². The Kier molecular flexibility index (Phi) is 4.78. The lowest BCUT2D eigenvalue weighted by molar-refractivity contribution is -0.168. The molecular weight excluding hydrogens is 315 g/mol. The minimum Gasteiger partial charge on any atom is -0.496 e. The highest BCUT2D eigenvalue weighted by molar-refractivity contribution is 5.78. The van der Waals surface area contributed by atoms with Crippen molar-refractivity contribution in [2.24, 2.45) is 5.92 Å². The first-order valence-electron chi connectivity index (χ1n) is 8.39. The summed E-state index contributed by atoms with van der Waals surface area (Å²) in [6.07, 6.45) is 1.15. The van der Waals surface area contributed by atoms with Gasteiger partial charge in [0.15, 0.2) is 5.79 Å². The number of hydrogen-bond acceptors (Lipinski definition) is 5. The van der Waals surface area contributed by atoms with Crippen molar-refractivity contribution in [2.75, 3.05) is 26.9 Å². The SMILES string of the molecule is CCOC(=O)[C@H]1C[C@H]1c1c(F)ccc(C2(CC)OCCO2)c1OC. The maximum absolute atomic E-state index is 14.5. The average Bonchev–Trinajstić information content (AvgIpc) is 3.22. The number of carbonyl (C=O) groups is 1. The Balaban J connectivity index is 1.98. The van der Waals surface area contributed by atoms with Gasteiger partial charge in [0.05, 0.1) is 38.4 Å². The number of methoxy groups -OCH3 is 1. The first kappa shape index (κ1) is 17.2. The van der Waals surface area contributed by atoms with E-state index >= 15 is 0 Å². The molecule has 1 aromatic carbocycles. The van der Waals surface area contributed by atoms with Gasteiger partial charge in [0.2, 0.25) is 0 Å². The van der Waals surface area contributed by atoms with Gasteiger partial charge in [0, 0.05) is 17.9 Å². The molecule has 3 rings (SSSR count). The molecule has 1 aromatic rings. The zero-order valence-corrected chi connectivity index (χ0v) is 14.3. The van der Waals surface area contributed by atoms with E-state index in [1.54, 1.807) is 13.0 Å². The molecule has 0 aromatic heterocycles. The molecule has 2 aliphatic rings. The van der Waals surface area contributed by atoms with Gasteiger partial charge in [-0.15, -0.1) is 0 Å². The molecule has 0 bridgehead atoms. The van der Waals surface area contributed by atoms with Crippen molar-refractivity contribution in [3.05, 3.63) is 29.1 Å². The molecule has 2 atom stereocenters. The second kappa shape index (κ2) is 6.69. The summed E-state index contributed by atoms with van der Waals surface area (Å²) in [5.74, 6) is -1.71. The summed E-state index contributed by atoms with van der Waals surface area (Å²) in [5.41, 5.74) is 1.09. The van der Waals surface area contributed by atoms with Crippen molar-refractivity contribution in [3.8, 4) is 5.75 Å². The lowest BCUT2D eigenvalue weighted by atomic mass is 9.96. The largest absolute Gasteiger partial charge is 0.496 e. The normalized spacial score (nSPS) is 24.7. The predicted octanol–water partition coefficient (Wildman–Crippen LogP) is 3.11. The molecule has 5 nitrogen and oxygen atoms in total. The van der Waals surface area contributed by atoms with Crippen LogP contribution >= 0.6 is 0 Å². The van der Waals surface area contributed by atoms with E-state index in [1.807, 2.05) is 6.92 Å². The third kappa shape index (κ3) is 2.78. The maximum atomic E-state index is 14.5. The molecule has 0 spiro atoms. The molecule has 0 unspecified atom stereocenters. The highest BCUT2D eigenvalue weighted by atomic mass is 19.1. The van der Waals surface area contributed by atoms with E-state index in [2.05, 4.69) is 0 Å². The van der Waals surface area contributed by atoms with Gasteiger partial charge in [-0.3, -0.25) is 4.79 Å². The maximum Gasteiger partial charge on any atom is 0.309 e. The van der Waals surface area contributed by atoms with Crippen molar-refractivity contribution >= 4 is 5.97 Å². The second-order valence-electron chi connectivity index (χ2n) is 6.05. The van der Waals surface area contributed by atoms with E-state index in [4.69, 9.17) is 18.9 Å². The molecule has 132 valence electrons. The summed E-state index contributed by atoms with van der Waals surface area (Å²) in [4.78, 5) is 11.9. The lowest BCUT2D eigenvalue weighted by Crippen LogP contribution is -2.27. The van der Waals surface area contributed by atoms with Gasteiger partial charge < -0.3 is 18.9 Å². The molecular formula is C18H23FO5. The number of ether oxygens (including phenoxy) is 4. The average molecular weight is 338 g/mol. The van der Waals surface area contributed by atoms with E-state index in [1.165, 1.54) is 13.2 Å². The van der Waals surface area contributed by atoms with Crippen LogP contribution in [-0.2, 0) is 24.8 Å². The number of carbonyl (C=O) groups excluding carboxylic acids is 1. The van der Waals surface area contributed by atoms with Gasteiger partial charge in [-0.05, 0) is 25.5 Å². The number of esters is 1. The minimum absolute atomic E-state index is 0.228. The number of benzene rings is 1. The minimum atomic E-state index is -0.915. The van der Waals surface area contributed by atoms with Gasteiger partial charge in [-0.25, -0.2) is 4.39 Å². The van der Waals surface area contributed by atoms with Gasteiger partial charge >= 0.3 is 5.97 Å². The summed E-state index contributed by atoms with van der Waals surface area (Å²) in [6.45, 7) is 5.00. The van der Waals surface area contributed by atoms with E-state index in [9.17, 15) is 9.18 Å². The number of halogens is 1. The molecule has 6 heteroatoms. The second-order valence-corrected chi connectivity index (χ2v) is 6.05. The van der Waals surface area contributed by atoms with Crippen LogP contribution in [0.25, 0.3) is 0 Å². The Morgan fingerprint density at radius 2 is 2.04 bits per heavy atom. The summed E-state index contributed by atoms with van der Waals surface area (Å²) in [7, 11) is 1.50. The zero-order chi connectivity index (χ0) is 17.3. The Bertz CT molecular complexity index is 624. The molecule has 1 saturated carbocycles. The van der Waals surface area contributed by atoms with E-state index < -0.39 is 5.79 Å². The summed E-state index contributed by atoms with van der Waals surface area (Å²) in [5, 5.41) is 0. The highest BCUT2D eigenvalue weighted by Crippen LogP contribution is 2.54. The first-order chi connectivity index (χ1) is 11.6. The number of hydrogen-bond donors (Lipinski definition) is 0. The van der Waals surface area contributed by atoms with Crippen molar-refractivity contribution in [1.29, 1.82) is 0 Å². The Morgan fingerprint density at radius 3 is 2.62 bits per heavy atom. The van der Waals surface area contributed by atoms with Crippen LogP contribution < -0.4 is 4.74 Å². The third-order valence-electron chi connectivity index (χ3n) is 4.73. The van der Waals surface area contributed by atoms with Crippen molar-refractivity contribution in [3.63, 3.8) is 0 Å². The van der Waals surface area contributed by atoms with Gasteiger partial charge in [0.1, 0.15) is 11.6 Å². The lowest BCUT2D eigenvalue weighted by Gasteiger charge is -2.29. The zero-order valence-electron chi connectivity index (χ0n) is 14.3. The van der Waals surface area contributed by atoms with Crippen LogP contribution in [0.4, 0.5) is 4.39 Å². The van der Waals surface area contributed by atoms with Gasteiger partial charge in [-0.2, -0.15) is 0 Å². The van der Waals surface area contributed by atoms with Crippen molar-refractivity contribution < 1.29 is 28.1 Å². The van der Waals surface area contributed by atoms with Crippen LogP contribution in [0.1, 0.15) is 43.7 Å². The molecule has 2 fully saturated rings. The van der Waals surface area contributed by atoms with Crippen LogP contribution in [0.3, 0.4) is 0 Å². The standard InChI is InChI=1S/C18H23FO5/c1-4-18(23-8-9-24-18)13-6-7-14(19)15(16(13)21-3)11-10-12(11)17(20)22-5-2/h6-7,11-12H,4-5,8-10H2,1-3H3/t11-,12+/m1/s1. The predicted molar refractivity (Wildman–Crippen MR) is 84.3 cm³/mol. The Labute approximate surface area is 141 Å². The Morgan fingerprint density at radius 1 is 1.33 bits per heavy atom. The fourth-order valence-corrected chi connectivity index (χ4v) is 3.47. The van der Waals surface area contributed by atoms with Crippen LogP contribution in [-0.4, -0.2) is 32.9 Å². The molecule has 1 saturated heterocycles. The fourth-order valence-electron chi connectivity index (χ4n) is 3.47. The van der Waals surface area contributed by atoms with Gasteiger partial charge in [-0.1, -0.05) is 6.92 Å². The highest BCUT2D eigenvalue weighted by Gasteiger charge is 2.50. The van der Waals surface area contributed by atoms with E-state index in [-0.39, 0.29) is 23.6 Å². The van der Waals surface area contributed by atoms with Crippen LogP contribution in [0.2, 0.25) is 0 Å². The van der Waals surface area contributed by atoms with E-state index in [0.29, 0.717) is 49.5 Å². The topological polar surface area (TPSA) is 54.0 Å². The first-order valence-corrected chi connectivity index (χ1v) is 8.39. The summed E-state index contributed by atoms with van der Waals surface area (Å²) < 4.78 is 36.7. The fraction of sp³-hybridized carbons (Fsp3) is 0.611. The smallest absolute Gasteiger partial charge is 0.309 e. The van der Waals surface area contributed by atoms with Crippen molar-refractivity contribution in [1.82, 2.24) is 0 Å². The van der Waals surface area contributed by atoms with Crippen LogP contribution in [0.15, 0.2) is 12.1 Å². The molecule has 1 aliphatic carbocycles. The summed E-state index contributed by atoms with van der Waals surface area (Å²) in [6, 6.07) is 3.05. The molecule has 0 N–H and O–H groups in total. The molecule has 0 amide bonds. The quantitative estimate of drug-likeness (QED) is 0.746.